The van der Waals surface area contributed by atoms with E-state index in [-0.39, 0.29) is 5.91 Å². The third-order valence-electron chi connectivity index (χ3n) is 4.66. The molecule has 0 radical (unpaired) electrons. The van der Waals surface area contributed by atoms with Crippen LogP contribution < -0.4 is 5.32 Å². The van der Waals surface area contributed by atoms with E-state index < -0.39 is 0 Å². The smallest absolute Gasteiger partial charge is 0.257 e. The number of rotatable bonds is 4. The summed E-state index contributed by atoms with van der Waals surface area (Å²) in [6.07, 6.45) is 0. The lowest BCUT2D eigenvalue weighted by atomic mass is 10.0. The molecule has 1 N–H and O–H groups in total. The minimum Gasteiger partial charge on any atom is -0.454 e. The Morgan fingerprint density at radius 2 is 1.59 bits per heavy atom. The van der Waals surface area contributed by atoms with Gasteiger partial charge in [0.25, 0.3) is 5.91 Å². The highest BCUT2D eigenvalue weighted by Gasteiger charge is 2.13. The quantitative estimate of drug-likeness (QED) is 0.378. The average Bonchev–Trinajstić information content (AvgIpc) is 3.41. The molecule has 0 saturated heterocycles. The van der Waals surface area contributed by atoms with Crippen LogP contribution in [0.15, 0.2) is 94.7 Å². The summed E-state index contributed by atoms with van der Waals surface area (Å²) in [5.41, 5.74) is 4.31. The Morgan fingerprint density at radius 1 is 0.862 bits per heavy atom. The highest BCUT2D eigenvalue weighted by atomic mass is 32.1. The molecule has 5 heteroatoms. The molecule has 4 nitrogen and oxygen atoms in total. The normalized spacial score (nSPS) is 10.9. The summed E-state index contributed by atoms with van der Waals surface area (Å²) in [5.74, 6) is 0.505. The third kappa shape index (κ3) is 3.56. The zero-order valence-corrected chi connectivity index (χ0v) is 16.1. The van der Waals surface area contributed by atoms with E-state index in [1.54, 1.807) is 0 Å². The summed E-state index contributed by atoms with van der Waals surface area (Å²) < 4.78 is 5.84. The van der Waals surface area contributed by atoms with Gasteiger partial charge in [0.15, 0.2) is 10.9 Å². The van der Waals surface area contributed by atoms with E-state index in [1.807, 2.05) is 90.3 Å². The van der Waals surface area contributed by atoms with Gasteiger partial charge in [-0.15, -0.1) is 11.3 Å². The van der Waals surface area contributed by atoms with Gasteiger partial charge < -0.3 is 4.42 Å². The first-order chi connectivity index (χ1) is 14.3. The van der Waals surface area contributed by atoms with Crippen molar-refractivity contribution in [3.63, 3.8) is 0 Å². The lowest BCUT2D eigenvalue weighted by Crippen LogP contribution is -2.11. The van der Waals surface area contributed by atoms with Gasteiger partial charge in [0, 0.05) is 16.3 Å². The molecule has 5 rings (SSSR count). The van der Waals surface area contributed by atoms with E-state index in [0.29, 0.717) is 22.1 Å². The molecule has 2 heterocycles. The molecule has 0 unspecified atom stereocenters. The fourth-order valence-corrected chi connectivity index (χ4v) is 3.86. The van der Waals surface area contributed by atoms with Crippen LogP contribution >= 0.6 is 11.3 Å². The van der Waals surface area contributed by atoms with Crippen LogP contribution in [0.1, 0.15) is 10.4 Å². The molecule has 140 valence electrons. The van der Waals surface area contributed by atoms with Crippen molar-refractivity contribution in [1.29, 1.82) is 0 Å². The van der Waals surface area contributed by atoms with Crippen LogP contribution in [-0.2, 0) is 0 Å². The first-order valence-corrected chi connectivity index (χ1v) is 10.1. The van der Waals surface area contributed by atoms with Crippen LogP contribution in [0.25, 0.3) is 33.6 Å². The summed E-state index contributed by atoms with van der Waals surface area (Å²) in [7, 11) is 0. The minimum absolute atomic E-state index is 0.185. The number of fused-ring (bicyclic) bond motifs is 1. The number of furan rings is 1. The van der Waals surface area contributed by atoms with Crippen LogP contribution in [0.3, 0.4) is 0 Å². The van der Waals surface area contributed by atoms with Crippen LogP contribution in [0.2, 0.25) is 0 Å². The predicted molar refractivity (Wildman–Crippen MR) is 117 cm³/mol. The second-order valence-electron chi connectivity index (χ2n) is 6.58. The highest BCUT2D eigenvalue weighted by molar-refractivity contribution is 7.14. The topological polar surface area (TPSA) is 55.1 Å². The number of nitrogens with zero attached hydrogens (tertiary/aromatic N) is 1. The lowest BCUT2D eigenvalue weighted by Gasteiger charge is -2.04. The molecular formula is C24H16N2O2S. The number of carbonyl (C=O) groups excluding carboxylic acids is 1. The number of hydrogen-bond acceptors (Lipinski definition) is 4. The molecule has 0 aliphatic carbocycles. The Balaban J connectivity index is 1.32. The molecular weight excluding hydrogens is 380 g/mol. The standard InChI is InChI=1S/C24H16N2O2S/c27-23(18-12-10-17(11-13-18)16-6-2-1-3-7-16)26-24-25-20(15-29-24)22-14-19-8-4-5-9-21(19)28-22/h1-15H,(H,25,26,27). The van der Waals surface area contributed by atoms with Gasteiger partial charge in [-0.05, 0) is 35.4 Å². The predicted octanol–water partition coefficient (Wildman–Crippen LogP) is 6.48. The number of carbonyl (C=O) groups is 1. The maximum absolute atomic E-state index is 12.6. The van der Waals surface area contributed by atoms with Gasteiger partial charge in [-0.1, -0.05) is 60.7 Å². The summed E-state index contributed by atoms with van der Waals surface area (Å²) in [5, 5.41) is 6.32. The van der Waals surface area contributed by atoms with Crippen molar-refractivity contribution < 1.29 is 9.21 Å². The number of nitrogens with one attached hydrogen (secondary N) is 1. The monoisotopic (exact) mass is 396 g/mol. The fraction of sp³-hybridized carbons (Fsp3) is 0. The van der Waals surface area contributed by atoms with E-state index in [0.717, 1.165) is 22.1 Å². The van der Waals surface area contributed by atoms with Crippen molar-refractivity contribution in [3.8, 4) is 22.6 Å². The molecule has 0 spiro atoms. The summed E-state index contributed by atoms with van der Waals surface area (Å²) >= 11 is 1.37. The largest absolute Gasteiger partial charge is 0.454 e. The molecule has 1 amide bonds. The van der Waals surface area contributed by atoms with E-state index in [9.17, 15) is 4.79 Å². The van der Waals surface area contributed by atoms with E-state index in [1.165, 1.54) is 11.3 Å². The average molecular weight is 396 g/mol. The summed E-state index contributed by atoms with van der Waals surface area (Å²) in [6, 6.07) is 27.4. The Labute approximate surface area is 171 Å². The van der Waals surface area contributed by atoms with Crippen molar-refractivity contribution in [1.82, 2.24) is 4.98 Å². The molecule has 0 aliphatic rings. The van der Waals surface area contributed by atoms with Crippen molar-refractivity contribution in [2.45, 2.75) is 0 Å². The fourth-order valence-electron chi connectivity index (χ4n) is 3.17. The van der Waals surface area contributed by atoms with Gasteiger partial charge in [-0.3, -0.25) is 10.1 Å². The minimum atomic E-state index is -0.185. The first kappa shape index (κ1) is 17.4. The number of para-hydroxylation sites is 1. The molecule has 0 fully saturated rings. The Morgan fingerprint density at radius 3 is 2.38 bits per heavy atom. The number of thiazole rings is 1. The molecule has 29 heavy (non-hydrogen) atoms. The molecule has 0 bridgehead atoms. The first-order valence-electron chi connectivity index (χ1n) is 9.17. The Hall–Kier alpha value is -3.70. The zero-order chi connectivity index (χ0) is 19.6. The van der Waals surface area contributed by atoms with Gasteiger partial charge in [-0.25, -0.2) is 4.98 Å². The van der Waals surface area contributed by atoms with Crippen LogP contribution in [0.5, 0.6) is 0 Å². The van der Waals surface area contributed by atoms with Crippen molar-refractivity contribution in [2.75, 3.05) is 5.32 Å². The SMILES string of the molecule is O=C(Nc1nc(-c2cc3ccccc3o2)cs1)c1ccc(-c2ccccc2)cc1. The molecule has 0 aliphatic heterocycles. The summed E-state index contributed by atoms with van der Waals surface area (Å²) in [6.45, 7) is 0. The van der Waals surface area contributed by atoms with E-state index in [2.05, 4.69) is 10.3 Å². The summed E-state index contributed by atoms with van der Waals surface area (Å²) in [4.78, 5) is 17.1. The van der Waals surface area contributed by atoms with Crippen LogP contribution in [0, 0.1) is 0 Å². The van der Waals surface area contributed by atoms with Crippen LogP contribution in [0.4, 0.5) is 5.13 Å². The Bertz CT molecular complexity index is 1250. The zero-order valence-electron chi connectivity index (χ0n) is 15.3. The van der Waals surface area contributed by atoms with Crippen molar-refractivity contribution >= 4 is 33.3 Å². The number of amides is 1. The number of anilines is 1. The number of aromatic nitrogens is 1. The van der Waals surface area contributed by atoms with Gasteiger partial charge in [0.05, 0.1) is 0 Å². The Kier molecular flexibility index (Phi) is 4.42. The lowest BCUT2D eigenvalue weighted by molar-refractivity contribution is 0.102. The molecule has 3 aromatic carbocycles. The third-order valence-corrected chi connectivity index (χ3v) is 5.41. The van der Waals surface area contributed by atoms with Gasteiger partial charge >= 0.3 is 0 Å². The van der Waals surface area contributed by atoms with Crippen molar-refractivity contribution in [2.24, 2.45) is 0 Å². The maximum atomic E-state index is 12.6. The molecule has 0 saturated carbocycles. The number of benzene rings is 3. The second kappa shape index (κ2) is 7.37. The van der Waals surface area contributed by atoms with E-state index >= 15 is 0 Å². The molecule has 5 aromatic rings. The molecule has 2 aromatic heterocycles. The maximum Gasteiger partial charge on any atom is 0.257 e. The van der Waals surface area contributed by atoms with Gasteiger partial charge in [0.1, 0.15) is 11.3 Å². The number of hydrogen-bond donors (Lipinski definition) is 1. The van der Waals surface area contributed by atoms with Gasteiger partial charge in [-0.2, -0.15) is 0 Å². The second-order valence-corrected chi connectivity index (χ2v) is 7.44. The van der Waals surface area contributed by atoms with Crippen LogP contribution in [-0.4, -0.2) is 10.9 Å². The van der Waals surface area contributed by atoms with Gasteiger partial charge in [0.2, 0.25) is 0 Å². The highest BCUT2D eigenvalue weighted by Crippen LogP contribution is 2.30. The van der Waals surface area contributed by atoms with E-state index in [4.69, 9.17) is 4.42 Å². The van der Waals surface area contributed by atoms with Crippen molar-refractivity contribution in [3.05, 3.63) is 95.9 Å². The molecule has 0 atom stereocenters.